The Labute approximate surface area is 206 Å². The van der Waals surface area contributed by atoms with Gasteiger partial charge in [0.1, 0.15) is 18.2 Å². The molecule has 2 aromatic carbocycles. The number of hydrogen-bond acceptors (Lipinski definition) is 4. The summed E-state index contributed by atoms with van der Waals surface area (Å²) in [4.78, 5) is 40.0. The van der Waals surface area contributed by atoms with Crippen LogP contribution in [0.3, 0.4) is 0 Å². The topological polar surface area (TPSA) is 95.9 Å². The number of alkyl carbamates (subject to hydrolysis) is 1. The molecule has 2 aliphatic rings. The Morgan fingerprint density at radius 1 is 1.09 bits per heavy atom. The second-order valence-corrected chi connectivity index (χ2v) is 9.87. The monoisotopic (exact) mass is 478 g/mol. The number of likely N-dealkylation sites (tertiary alicyclic amines) is 1. The first-order valence-corrected chi connectivity index (χ1v) is 12.5. The molecule has 0 saturated carbocycles. The minimum Gasteiger partial charge on any atom is -0.479 e. The van der Waals surface area contributed by atoms with E-state index in [0.29, 0.717) is 32.2 Å². The van der Waals surface area contributed by atoms with E-state index in [1.54, 1.807) is 0 Å². The van der Waals surface area contributed by atoms with Crippen molar-refractivity contribution in [3.05, 3.63) is 59.7 Å². The van der Waals surface area contributed by atoms with Crippen molar-refractivity contribution in [3.8, 4) is 11.1 Å². The van der Waals surface area contributed by atoms with Crippen LogP contribution < -0.4 is 5.32 Å². The van der Waals surface area contributed by atoms with Crippen LogP contribution in [-0.2, 0) is 14.3 Å². The van der Waals surface area contributed by atoms with Crippen molar-refractivity contribution in [1.82, 2.24) is 10.2 Å². The fraction of sp³-hybridized carbons (Fsp3) is 0.464. The van der Waals surface area contributed by atoms with Crippen LogP contribution in [0.15, 0.2) is 48.5 Å². The van der Waals surface area contributed by atoms with Gasteiger partial charge in [-0.2, -0.15) is 0 Å². The standard InChI is InChI=1S/C28H34N2O5/c1-4-14-28(26(32)33)15-9-16-30(28)25(31)24(18(2)3)29-27(34)35-17-23-21-12-7-5-10-19(21)20-11-6-8-13-22(20)23/h5-8,10-13,18,23-24H,4,9,14-17H2,1-3H3,(H,29,34)(H,32,33). The Bertz CT molecular complexity index is 1070. The molecule has 0 radical (unpaired) electrons. The third kappa shape index (κ3) is 4.51. The van der Waals surface area contributed by atoms with Crippen LogP contribution in [0.4, 0.5) is 4.79 Å². The summed E-state index contributed by atoms with van der Waals surface area (Å²) in [5, 5.41) is 12.7. The predicted octanol–water partition coefficient (Wildman–Crippen LogP) is 4.80. The Kier molecular flexibility index (Phi) is 7.15. The average molecular weight is 479 g/mol. The molecule has 1 heterocycles. The normalized spacial score (nSPS) is 19.8. The molecule has 0 aromatic heterocycles. The van der Waals surface area contributed by atoms with Gasteiger partial charge in [0.15, 0.2) is 0 Å². The van der Waals surface area contributed by atoms with E-state index in [1.807, 2.05) is 57.2 Å². The number of ether oxygens (including phenoxy) is 1. The molecule has 2 N–H and O–H groups in total. The zero-order chi connectivity index (χ0) is 25.2. The van der Waals surface area contributed by atoms with Crippen LogP contribution in [0.1, 0.15) is 63.5 Å². The molecule has 0 spiro atoms. The van der Waals surface area contributed by atoms with Crippen molar-refractivity contribution in [2.75, 3.05) is 13.2 Å². The molecule has 4 rings (SSSR count). The predicted molar refractivity (Wildman–Crippen MR) is 133 cm³/mol. The van der Waals surface area contributed by atoms with Crippen molar-refractivity contribution in [2.45, 2.75) is 64.0 Å². The summed E-state index contributed by atoms with van der Waals surface area (Å²) in [5.74, 6) is -1.64. The first-order chi connectivity index (χ1) is 16.8. The van der Waals surface area contributed by atoms with E-state index in [1.165, 1.54) is 4.90 Å². The minimum absolute atomic E-state index is 0.0795. The fourth-order valence-corrected chi connectivity index (χ4v) is 5.65. The summed E-state index contributed by atoms with van der Waals surface area (Å²) in [6, 6.07) is 15.3. The summed E-state index contributed by atoms with van der Waals surface area (Å²) in [6.07, 6.45) is 1.44. The Morgan fingerprint density at radius 2 is 1.69 bits per heavy atom. The van der Waals surface area contributed by atoms with Crippen molar-refractivity contribution in [2.24, 2.45) is 5.92 Å². The van der Waals surface area contributed by atoms with Crippen LogP contribution in [0.5, 0.6) is 0 Å². The van der Waals surface area contributed by atoms with E-state index in [9.17, 15) is 19.5 Å². The van der Waals surface area contributed by atoms with Gasteiger partial charge < -0.3 is 20.1 Å². The van der Waals surface area contributed by atoms with Gasteiger partial charge in [-0.05, 0) is 47.4 Å². The number of carbonyl (C=O) groups is 3. The van der Waals surface area contributed by atoms with Crippen LogP contribution in [0.25, 0.3) is 11.1 Å². The van der Waals surface area contributed by atoms with Gasteiger partial charge in [0, 0.05) is 12.5 Å². The first kappa shape index (κ1) is 24.8. The zero-order valence-electron chi connectivity index (χ0n) is 20.6. The molecule has 1 aliphatic carbocycles. The molecule has 1 saturated heterocycles. The number of carboxylic acids is 1. The van der Waals surface area contributed by atoms with Crippen LogP contribution in [0, 0.1) is 5.92 Å². The van der Waals surface area contributed by atoms with Gasteiger partial charge in [0.05, 0.1) is 0 Å². The van der Waals surface area contributed by atoms with Gasteiger partial charge >= 0.3 is 12.1 Å². The maximum atomic E-state index is 13.5. The second-order valence-electron chi connectivity index (χ2n) is 9.87. The molecule has 2 amide bonds. The number of nitrogens with one attached hydrogen (secondary N) is 1. The highest BCUT2D eigenvalue weighted by molar-refractivity contribution is 5.92. The quantitative estimate of drug-likeness (QED) is 0.568. The van der Waals surface area contributed by atoms with Gasteiger partial charge in [-0.25, -0.2) is 9.59 Å². The number of hydrogen-bond donors (Lipinski definition) is 2. The maximum absolute atomic E-state index is 13.5. The summed E-state index contributed by atoms with van der Waals surface area (Å²) < 4.78 is 5.64. The fourth-order valence-electron chi connectivity index (χ4n) is 5.65. The number of nitrogens with zero attached hydrogens (tertiary/aromatic N) is 1. The number of amides is 2. The molecular weight excluding hydrogens is 444 g/mol. The highest BCUT2D eigenvalue weighted by Crippen LogP contribution is 2.44. The Morgan fingerprint density at radius 3 is 2.23 bits per heavy atom. The van der Waals surface area contributed by atoms with Gasteiger partial charge in [-0.1, -0.05) is 75.7 Å². The smallest absolute Gasteiger partial charge is 0.407 e. The number of carbonyl (C=O) groups excluding carboxylic acids is 2. The number of carboxylic acid groups (broad SMARTS) is 1. The van der Waals surface area contributed by atoms with Crippen LogP contribution in [-0.4, -0.2) is 52.7 Å². The van der Waals surface area contributed by atoms with Gasteiger partial charge in [0.2, 0.25) is 5.91 Å². The van der Waals surface area contributed by atoms with E-state index < -0.39 is 23.6 Å². The number of fused-ring (bicyclic) bond motifs is 3. The Balaban J connectivity index is 1.47. The molecule has 7 heteroatoms. The van der Waals surface area contributed by atoms with E-state index in [-0.39, 0.29) is 24.3 Å². The molecule has 2 atom stereocenters. The molecule has 0 bridgehead atoms. The summed E-state index contributed by atoms with van der Waals surface area (Å²) >= 11 is 0. The van der Waals surface area contributed by atoms with E-state index in [0.717, 1.165) is 22.3 Å². The summed E-state index contributed by atoms with van der Waals surface area (Å²) in [6.45, 7) is 6.12. The van der Waals surface area contributed by atoms with Crippen LogP contribution >= 0.6 is 0 Å². The molecule has 1 fully saturated rings. The lowest BCUT2D eigenvalue weighted by Gasteiger charge is -2.37. The molecule has 7 nitrogen and oxygen atoms in total. The van der Waals surface area contributed by atoms with Gasteiger partial charge in [0.25, 0.3) is 0 Å². The molecule has 186 valence electrons. The number of rotatable bonds is 8. The lowest BCUT2D eigenvalue weighted by molar-refractivity contribution is -0.158. The Hall–Kier alpha value is -3.35. The van der Waals surface area contributed by atoms with E-state index in [2.05, 4.69) is 17.4 Å². The van der Waals surface area contributed by atoms with E-state index in [4.69, 9.17) is 4.74 Å². The van der Waals surface area contributed by atoms with Crippen molar-refractivity contribution in [1.29, 1.82) is 0 Å². The van der Waals surface area contributed by atoms with Crippen molar-refractivity contribution < 1.29 is 24.2 Å². The third-order valence-electron chi connectivity index (χ3n) is 7.37. The lowest BCUT2D eigenvalue weighted by atomic mass is 9.89. The molecular formula is C28H34N2O5. The molecule has 1 aliphatic heterocycles. The van der Waals surface area contributed by atoms with Crippen molar-refractivity contribution >= 4 is 18.0 Å². The summed E-state index contributed by atoms with van der Waals surface area (Å²) in [7, 11) is 0. The SMILES string of the molecule is CCCC1(C(=O)O)CCCN1C(=O)C(NC(=O)OCC1c2ccccc2-c2ccccc21)C(C)C. The lowest BCUT2D eigenvalue weighted by Crippen LogP contribution is -2.59. The van der Waals surface area contributed by atoms with Crippen molar-refractivity contribution in [3.63, 3.8) is 0 Å². The highest BCUT2D eigenvalue weighted by atomic mass is 16.5. The number of aliphatic carboxylic acids is 1. The van der Waals surface area contributed by atoms with Gasteiger partial charge in [-0.15, -0.1) is 0 Å². The number of benzene rings is 2. The minimum atomic E-state index is -1.21. The zero-order valence-corrected chi connectivity index (χ0v) is 20.6. The third-order valence-corrected chi connectivity index (χ3v) is 7.37. The highest BCUT2D eigenvalue weighted by Gasteiger charge is 2.50. The molecule has 2 aromatic rings. The largest absolute Gasteiger partial charge is 0.479 e. The first-order valence-electron chi connectivity index (χ1n) is 12.5. The van der Waals surface area contributed by atoms with E-state index >= 15 is 0 Å². The summed E-state index contributed by atoms with van der Waals surface area (Å²) in [5.41, 5.74) is 3.30. The molecule has 35 heavy (non-hydrogen) atoms. The molecule has 2 unspecified atom stereocenters. The average Bonchev–Trinajstić information content (AvgIpc) is 3.41. The van der Waals surface area contributed by atoms with Crippen LogP contribution in [0.2, 0.25) is 0 Å². The van der Waals surface area contributed by atoms with Gasteiger partial charge in [-0.3, -0.25) is 4.79 Å². The maximum Gasteiger partial charge on any atom is 0.407 e. The second kappa shape index (κ2) is 10.1.